The number of thioether (sulfide) groups is 2. The van der Waals surface area contributed by atoms with Gasteiger partial charge >= 0.3 is 31.6 Å². The molecule has 0 aliphatic carbocycles. The predicted molar refractivity (Wildman–Crippen MR) is 192 cm³/mol. The number of hydrogen-bond donors (Lipinski definition) is 0. The molecule has 0 bridgehead atoms. The molecule has 13 nitrogen and oxygen atoms in total. The number of hydrogen-bond acceptors (Lipinski definition) is 10. The van der Waals surface area contributed by atoms with Gasteiger partial charge in [0, 0.05) is 74.8 Å². The first kappa shape index (κ1) is 48.3. The molecule has 26 heteroatoms. The minimum Gasteiger partial charge on any atom is -0.418 e. The standard InChI is InChI=1S/2C14H15N5S.CH3NO2.2BF4.Fe/c2*1-11(2)20-12-9-13(18-7-3-5-15-18)17-14(10-12)19-8-4-6-16-19;1-2(3)4;2*2-1(3,4)5;/h2*3-11H,1-2H3;1H3;;;/q;;;2*-1;+2. The van der Waals surface area contributed by atoms with Gasteiger partial charge in [-0.05, 0) is 48.5 Å². The first-order valence-corrected chi connectivity index (χ1v) is 17.1. The van der Waals surface area contributed by atoms with Gasteiger partial charge in [0.25, 0.3) is 0 Å². The van der Waals surface area contributed by atoms with Crippen LogP contribution in [-0.2, 0) is 17.1 Å². The number of halogens is 8. The van der Waals surface area contributed by atoms with Gasteiger partial charge in [0.1, 0.15) is 0 Å². The van der Waals surface area contributed by atoms with E-state index in [2.05, 4.69) is 58.1 Å². The second kappa shape index (κ2) is 23.3. The third-order valence-corrected chi connectivity index (χ3v) is 7.20. The van der Waals surface area contributed by atoms with E-state index in [0.717, 1.165) is 40.1 Å². The molecule has 6 aromatic heterocycles. The summed E-state index contributed by atoms with van der Waals surface area (Å²) < 4.78 is 85.0. The van der Waals surface area contributed by atoms with E-state index in [-0.39, 0.29) is 17.1 Å². The summed E-state index contributed by atoms with van der Waals surface area (Å²) in [6.07, 6.45) is 14.5. The summed E-state index contributed by atoms with van der Waals surface area (Å²) in [5.41, 5.74) is 0. The Morgan fingerprint density at radius 3 is 0.909 bits per heavy atom. The van der Waals surface area contributed by atoms with Crippen molar-refractivity contribution < 1.29 is 56.5 Å². The van der Waals surface area contributed by atoms with Crippen molar-refractivity contribution in [2.75, 3.05) is 7.05 Å². The molecule has 0 spiro atoms. The maximum atomic E-state index is 9.75. The number of pyridine rings is 2. The van der Waals surface area contributed by atoms with Gasteiger partial charge in [-0.2, -0.15) is 20.4 Å². The SMILES string of the molecule is CC(C)Sc1cc(-n2cccn2)nc(-n2cccn2)c1.CC(C)Sc1cc(-n2cccn2)nc(-n2cccn2)c1.C[N+](=O)[O-].F[B-](F)(F)F.F[B-](F)(F)F.[Fe+2]. The van der Waals surface area contributed by atoms with Crippen LogP contribution in [-0.4, -0.2) is 86.1 Å². The molecular weight excluding hydrogens is 828 g/mol. The average molecular weight is 861 g/mol. The molecule has 0 aromatic carbocycles. The van der Waals surface area contributed by atoms with E-state index < -0.39 is 19.4 Å². The fraction of sp³-hybridized carbons (Fsp3) is 0.241. The van der Waals surface area contributed by atoms with Crippen molar-refractivity contribution in [3.05, 3.63) is 108 Å². The second-order valence-corrected chi connectivity index (χ2v) is 13.9. The van der Waals surface area contributed by atoms with E-state index in [1.165, 1.54) is 0 Å². The van der Waals surface area contributed by atoms with E-state index in [9.17, 15) is 34.5 Å². The maximum Gasteiger partial charge on any atom is 2.00 e. The van der Waals surface area contributed by atoms with Crippen molar-refractivity contribution in [3.63, 3.8) is 0 Å². The fourth-order valence-corrected chi connectivity index (χ4v) is 5.51. The summed E-state index contributed by atoms with van der Waals surface area (Å²) in [5.74, 6) is 3.19. The Kier molecular flexibility index (Phi) is 20.5. The Hall–Kier alpha value is -4.67. The molecule has 0 unspecified atom stereocenters. The molecule has 0 fully saturated rings. The molecule has 6 rings (SSSR count). The molecular formula is C29H33B2F8FeN11O2S2. The van der Waals surface area contributed by atoms with Gasteiger partial charge in [-0.15, -0.1) is 23.5 Å². The van der Waals surface area contributed by atoms with Crippen LogP contribution in [0.5, 0.6) is 0 Å². The predicted octanol–water partition coefficient (Wildman–Crippen LogP) is 8.40. The minimum absolute atomic E-state index is 0. The van der Waals surface area contributed by atoms with Crippen molar-refractivity contribution >= 4 is 38.0 Å². The third-order valence-electron chi connectivity index (χ3n) is 5.24. The van der Waals surface area contributed by atoms with Crippen LogP contribution in [0.4, 0.5) is 34.5 Å². The molecule has 55 heavy (non-hydrogen) atoms. The average Bonchev–Trinajstić information content (AvgIpc) is 3.87. The molecule has 0 N–H and O–H groups in total. The number of nitrogens with zero attached hydrogens (tertiary/aromatic N) is 11. The van der Waals surface area contributed by atoms with E-state index in [4.69, 9.17) is 10.1 Å². The van der Waals surface area contributed by atoms with E-state index in [0.29, 0.717) is 10.5 Å². The Labute approximate surface area is 329 Å². The van der Waals surface area contributed by atoms with Crippen LogP contribution in [0.25, 0.3) is 23.3 Å². The summed E-state index contributed by atoms with van der Waals surface area (Å²) >= 11 is 3.60. The first-order chi connectivity index (χ1) is 25.2. The molecule has 0 saturated heterocycles. The summed E-state index contributed by atoms with van der Waals surface area (Å²) in [4.78, 5) is 19.8. The van der Waals surface area contributed by atoms with Crippen molar-refractivity contribution in [3.8, 4) is 23.3 Å². The first-order valence-electron chi connectivity index (χ1n) is 15.4. The number of aromatic nitrogens is 10. The Bertz CT molecular complexity index is 1680. The largest absolute Gasteiger partial charge is 2.00 e. The van der Waals surface area contributed by atoms with Gasteiger partial charge in [0.05, 0.1) is 0 Å². The van der Waals surface area contributed by atoms with E-state index in [1.807, 2.05) is 73.3 Å². The van der Waals surface area contributed by atoms with Gasteiger partial charge in [0.2, 0.25) is 0 Å². The molecule has 6 heterocycles. The minimum atomic E-state index is -6.00. The van der Waals surface area contributed by atoms with E-state index in [1.54, 1.807) is 67.0 Å². The summed E-state index contributed by atoms with van der Waals surface area (Å²) in [5, 5.41) is 26.8. The molecule has 0 aliphatic heterocycles. The molecule has 298 valence electrons. The zero-order valence-corrected chi connectivity index (χ0v) is 32.2. The van der Waals surface area contributed by atoms with Crippen molar-refractivity contribution in [1.82, 2.24) is 49.1 Å². The van der Waals surface area contributed by atoms with Crippen LogP contribution >= 0.6 is 23.5 Å². The van der Waals surface area contributed by atoms with Crippen LogP contribution < -0.4 is 0 Å². The number of rotatable bonds is 8. The Morgan fingerprint density at radius 1 is 0.564 bits per heavy atom. The monoisotopic (exact) mass is 861 g/mol. The topological polar surface area (TPSA) is 140 Å². The zero-order valence-electron chi connectivity index (χ0n) is 29.5. The van der Waals surface area contributed by atoms with Crippen LogP contribution in [0.1, 0.15) is 27.7 Å². The summed E-state index contributed by atoms with van der Waals surface area (Å²) in [6.45, 7) is 8.69. The van der Waals surface area contributed by atoms with Gasteiger partial charge in [-0.3, -0.25) is 10.1 Å². The van der Waals surface area contributed by atoms with E-state index >= 15 is 0 Å². The smallest absolute Gasteiger partial charge is 0.418 e. The van der Waals surface area contributed by atoms with Crippen LogP contribution in [0.15, 0.2) is 108 Å². The normalized spacial score (nSPS) is 10.7. The quantitative estimate of drug-likeness (QED) is 0.0482. The molecule has 6 aromatic rings. The van der Waals surface area contributed by atoms with Gasteiger partial charge < -0.3 is 34.5 Å². The van der Waals surface area contributed by atoms with Gasteiger partial charge in [0.15, 0.2) is 30.3 Å². The zero-order chi connectivity index (χ0) is 40.5. The van der Waals surface area contributed by atoms with Crippen LogP contribution in [0.2, 0.25) is 0 Å². The van der Waals surface area contributed by atoms with Gasteiger partial charge in [-0.25, -0.2) is 28.7 Å². The maximum absolute atomic E-state index is 9.75. The van der Waals surface area contributed by atoms with Crippen molar-refractivity contribution in [1.29, 1.82) is 0 Å². The Morgan fingerprint density at radius 2 is 0.764 bits per heavy atom. The van der Waals surface area contributed by atoms with Crippen molar-refractivity contribution in [2.24, 2.45) is 0 Å². The fourth-order valence-electron chi connectivity index (χ4n) is 3.72. The molecule has 0 atom stereocenters. The number of nitro groups is 1. The van der Waals surface area contributed by atoms with Gasteiger partial charge in [-0.1, -0.05) is 27.7 Å². The van der Waals surface area contributed by atoms with Crippen molar-refractivity contribution in [2.45, 2.75) is 48.0 Å². The summed E-state index contributed by atoms with van der Waals surface area (Å²) in [6, 6.07) is 15.7. The molecule has 0 saturated carbocycles. The third kappa shape index (κ3) is 21.7. The molecule has 0 amide bonds. The second-order valence-electron chi connectivity index (χ2n) is 10.6. The summed E-state index contributed by atoms with van der Waals surface area (Å²) in [7, 11) is -11.1. The Balaban J connectivity index is 0.000000406. The molecule has 0 aliphatic rings. The van der Waals surface area contributed by atoms with Crippen LogP contribution in [0, 0.1) is 10.1 Å². The molecule has 0 radical (unpaired) electrons. The van der Waals surface area contributed by atoms with Crippen LogP contribution in [0.3, 0.4) is 0 Å².